The first-order chi connectivity index (χ1) is 7.22. The highest BCUT2D eigenvalue weighted by Gasteiger charge is 2.00. The Kier molecular flexibility index (Phi) is 3.96. The molecule has 0 fully saturated rings. The zero-order valence-corrected chi connectivity index (χ0v) is 8.01. The van der Waals surface area contributed by atoms with Crippen molar-refractivity contribution in [2.45, 2.75) is 0 Å². The van der Waals surface area contributed by atoms with Crippen LogP contribution in [0.25, 0.3) is 0 Å². The van der Waals surface area contributed by atoms with Gasteiger partial charge in [0.05, 0.1) is 7.11 Å². The molecule has 0 aliphatic carbocycles. The van der Waals surface area contributed by atoms with E-state index in [9.17, 15) is 9.59 Å². The lowest BCUT2D eigenvalue weighted by Crippen LogP contribution is -2.06. The van der Waals surface area contributed by atoms with Crippen molar-refractivity contribution in [1.29, 1.82) is 0 Å². The van der Waals surface area contributed by atoms with Gasteiger partial charge in [-0.15, -0.1) is 0 Å². The van der Waals surface area contributed by atoms with Crippen molar-refractivity contribution in [3.63, 3.8) is 0 Å². The molecule has 0 aromatic heterocycles. The minimum atomic E-state index is -0.918. The molecule has 6 nitrogen and oxygen atoms in total. The highest BCUT2D eigenvalue weighted by atomic mass is 16.5. The largest absolute Gasteiger partial charge is 0.452 e. The van der Waals surface area contributed by atoms with Gasteiger partial charge in [-0.1, -0.05) is 28.4 Å². The molecular weight excluding hydrogens is 198 g/mol. The number of hydrogen-bond donors (Lipinski definition) is 1. The van der Waals surface area contributed by atoms with Crippen LogP contribution in [-0.2, 0) is 4.74 Å². The first-order valence-corrected chi connectivity index (χ1v) is 4.08. The zero-order valence-electron chi connectivity index (χ0n) is 8.01. The van der Waals surface area contributed by atoms with Crippen molar-refractivity contribution in [2.24, 2.45) is 10.2 Å². The summed E-state index contributed by atoms with van der Waals surface area (Å²) in [6.45, 7) is 0. The molecule has 6 heteroatoms. The van der Waals surface area contributed by atoms with Crippen LogP contribution in [-0.4, -0.2) is 19.2 Å². The number of urea groups is 1. The predicted molar refractivity (Wildman–Crippen MR) is 52.7 cm³/mol. The first-order valence-electron chi connectivity index (χ1n) is 4.08. The minimum Gasteiger partial charge on any atom is -0.450 e. The predicted octanol–water partition coefficient (Wildman–Crippen LogP) is 2.44. The Balaban J connectivity index is 2.50. The van der Waals surface area contributed by atoms with Gasteiger partial charge >= 0.3 is 12.1 Å². The monoisotopic (exact) mass is 207 g/mol. The molecule has 0 bridgehead atoms. The zero-order chi connectivity index (χ0) is 11.1. The van der Waals surface area contributed by atoms with Gasteiger partial charge in [-0.05, 0) is 12.1 Å². The Morgan fingerprint density at radius 1 is 1.20 bits per heavy atom. The number of methoxy groups -OCH3 is 1. The molecule has 1 aromatic carbocycles. The van der Waals surface area contributed by atoms with Crippen LogP contribution in [0.5, 0.6) is 0 Å². The maximum absolute atomic E-state index is 11.1. The summed E-state index contributed by atoms with van der Waals surface area (Å²) in [6.07, 6.45) is -0.918. The number of anilines is 1. The Labute approximate surface area is 86.0 Å². The fraction of sp³-hybridized carbons (Fsp3) is 0.111. The number of rotatable bonds is 1. The molecule has 3 amide bonds. The minimum absolute atomic E-state index is 0.575. The van der Waals surface area contributed by atoms with Gasteiger partial charge in [0.1, 0.15) is 0 Å². The van der Waals surface area contributed by atoms with Gasteiger partial charge in [0, 0.05) is 5.69 Å². The number of azo groups is 1. The van der Waals surface area contributed by atoms with Crippen molar-refractivity contribution >= 4 is 17.8 Å². The van der Waals surface area contributed by atoms with E-state index in [1.165, 1.54) is 0 Å². The lowest BCUT2D eigenvalue weighted by molar-refractivity contribution is 0.180. The molecule has 0 spiro atoms. The highest BCUT2D eigenvalue weighted by Crippen LogP contribution is 2.05. The van der Waals surface area contributed by atoms with E-state index in [4.69, 9.17) is 0 Å². The van der Waals surface area contributed by atoms with Gasteiger partial charge in [0.15, 0.2) is 0 Å². The summed E-state index contributed by atoms with van der Waals surface area (Å²) in [7, 11) is 1.15. The summed E-state index contributed by atoms with van der Waals surface area (Å²) in [6, 6.07) is 7.97. The van der Waals surface area contributed by atoms with E-state index >= 15 is 0 Å². The number of carbonyl (C=O) groups is 2. The third kappa shape index (κ3) is 3.99. The quantitative estimate of drug-likeness (QED) is 0.718. The molecule has 0 radical (unpaired) electrons. The summed E-state index contributed by atoms with van der Waals surface area (Å²) in [5.41, 5.74) is 0.575. The van der Waals surface area contributed by atoms with Crippen LogP contribution in [0, 0.1) is 0 Å². The van der Waals surface area contributed by atoms with Crippen molar-refractivity contribution in [2.75, 3.05) is 12.4 Å². The van der Waals surface area contributed by atoms with Gasteiger partial charge in [-0.3, -0.25) is 0 Å². The lowest BCUT2D eigenvalue weighted by atomic mass is 10.3. The Hall–Kier alpha value is -2.24. The average Bonchev–Trinajstić information content (AvgIpc) is 2.27. The molecule has 15 heavy (non-hydrogen) atoms. The molecule has 0 saturated carbocycles. The second kappa shape index (κ2) is 5.48. The van der Waals surface area contributed by atoms with E-state index in [1.807, 2.05) is 6.07 Å². The van der Waals surface area contributed by atoms with Gasteiger partial charge < -0.3 is 10.1 Å². The summed E-state index contributed by atoms with van der Waals surface area (Å²) in [5.74, 6) is 0. The number of amides is 3. The van der Waals surface area contributed by atoms with Gasteiger partial charge in [-0.2, -0.15) is 0 Å². The Morgan fingerprint density at radius 3 is 2.47 bits per heavy atom. The van der Waals surface area contributed by atoms with Crippen LogP contribution in [0.2, 0.25) is 0 Å². The summed E-state index contributed by atoms with van der Waals surface area (Å²) in [5, 5.41) is 8.50. The summed E-state index contributed by atoms with van der Waals surface area (Å²) < 4.78 is 4.17. The van der Waals surface area contributed by atoms with Crippen LogP contribution in [0.15, 0.2) is 40.6 Å². The number of benzene rings is 1. The third-order valence-corrected chi connectivity index (χ3v) is 1.42. The van der Waals surface area contributed by atoms with Gasteiger partial charge in [0.25, 0.3) is 0 Å². The molecule has 0 saturated heterocycles. The molecule has 1 aromatic rings. The van der Waals surface area contributed by atoms with Gasteiger partial charge in [0.2, 0.25) is 0 Å². The molecule has 1 N–H and O–H groups in total. The van der Waals surface area contributed by atoms with Crippen molar-refractivity contribution in [3.8, 4) is 0 Å². The normalized spacial score (nSPS) is 9.93. The lowest BCUT2D eigenvalue weighted by Gasteiger charge is -1.98. The van der Waals surface area contributed by atoms with Crippen LogP contribution in [0.1, 0.15) is 0 Å². The first kappa shape index (κ1) is 10.8. The van der Waals surface area contributed by atoms with Crippen LogP contribution >= 0.6 is 0 Å². The van der Waals surface area contributed by atoms with E-state index in [1.54, 1.807) is 24.3 Å². The topological polar surface area (TPSA) is 80.1 Å². The number of para-hydroxylation sites is 1. The maximum atomic E-state index is 11.1. The Bertz CT molecular complexity index is 375. The van der Waals surface area contributed by atoms with Crippen LogP contribution in [0.3, 0.4) is 0 Å². The van der Waals surface area contributed by atoms with Crippen LogP contribution in [0.4, 0.5) is 15.3 Å². The van der Waals surface area contributed by atoms with Gasteiger partial charge in [-0.25, -0.2) is 9.59 Å². The second-order valence-corrected chi connectivity index (χ2v) is 2.47. The van der Waals surface area contributed by atoms with E-state index in [0.717, 1.165) is 7.11 Å². The number of hydrogen-bond acceptors (Lipinski definition) is 3. The van der Waals surface area contributed by atoms with Crippen LogP contribution < -0.4 is 5.32 Å². The SMILES string of the molecule is COC(=O)/N=N/C(=O)Nc1ccccc1. The number of carbonyl (C=O) groups excluding carboxylic acids is 2. The van der Waals surface area contributed by atoms with Crippen molar-refractivity contribution < 1.29 is 14.3 Å². The van der Waals surface area contributed by atoms with E-state index in [2.05, 4.69) is 20.3 Å². The smallest absolute Gasteiger partial charge is 0.450 e. The molecular formula is C9H9N3O3. The number of ether oxygens (including phenoxy) is 1. The molecule has 0 atom stereocenters. The standard InChI is InChI=1S/C9H9N3O3/c1-15-9(14)12-11-8(13)10-7-5-3-2-4-6-7/h2-6H,1H3,(H,10,13)/b12-11+. The van der Waals surface area contributed by atoms with Crippen molar-refractivity contribution in [3.05, 3.63) is 30.3 Å². The molecule has 78 valence electrons. The average molecular weight is 207 g/mol. The van der Waals surface area contributed by atoms with E-state index in [0.29, 0.717) is 5.69 Å². The molecule has 0 aliphatic heterocycles. The number of nitrogens with one attached hydrogen (secondary N) is 1. The maximum Gasteiger partial charge on any atom is 0.452 e. The molecule has 0 heterocycles. The van der Waals surface area contributed by atoms with Crippen molar-refractivity contribution in [1.82, 2.24) is 0 Å². The third-order valence-electron chi connectivity index (χ3n) is 1.42. The second-order valence-electron chi connectivity index (χ2n) is 2.47. The van der Waals surface area contributed by atoms with E-state index in [-0.39, 0.29) is 0 Å². The fourth-order valence-electron chi connectivity index (χ4n) is 0.797. The molecule has 0 aliphatic rings. The molecule has 0 unspecified atom stereocenters. The van der Waals surface area contributed by atoms with E-state index < -0.39 is 12.1 Å². The summed E-state index contributed by atoms with van der Waals surface area (Å²) in [4.78, 5) is 21.6. The number of nitrogens with zero attached hydrogens (tertiary/aromatic N) is 2. The fourth-order valence-corrected chi connectivity index (χ4v) is 0.797. The summed E-state index contributed by atoms with van der Waals surface area (Å²) >= 11 is 0. The highest BCUT2D eigenvalue weighted by molar-refractivity contribution is 5.90. The Morgan fingerprint density at radius 2 is 1.87 bits per heavy atom. The molecule has 1 rings (SSSR count).